The molecule has 0 saturated heterocycles. The van der Waals surface area contributed by atoms with Crippen molar-refractivity contribution < 1.29 is 14.3 Å². The van der Waals surface area contributed by atoms with E-state index in [9.17, 15) is 4.79 Å². The molecule has 0 unspecified atom stereocenters. The second kappa shape index (κ2) is 9.32. The first-order valence-electron chi connectivity index (χ1n) is 7.49. The molecule has 0 heterocycles. The summed E-state index contributed by atoms with van der Waals surface area (Å²) in [6.07, 6.45) is 4.47. The topological polar surface area (TPSA) is 47.6 Å². The van der Waals surface area contributed by atoms with E-state index in [1.165, 1.54) is 12.8 Å². The van der Waals surface area contributed by atoms with Crippen LogP contribution in [0.5, 0.6) is 0 Å². The van der Waals surface area contributed by atoms with Gasteiger partial charge in [-0.25, -0.2) is 0 Å². The van der Waals surface area contributed by atoms with E-state index in [2.05, 4.69) is 19.2 Å². The van der Waals surface area contributed by atoms with Gasteiger partial charge in [-0.1, -0.05) is 13.8 Å². The van der Waals surface area contributed by atoms with E-state index in [1.54, 1.807) is 7.11 Å². The highest BCUT2D eigenvalue weighted by Gasteiger charge is 2.27. The normalized spacial score (nSPS) is 23.6. The summed E-state index contributed by atoms with van der Waals surface area (Å²) in [6.45, 7) is 6.92. The van der Waals surface area contributed by atoms with Crippen molar-refractivity contribution in [1.82, 2.24) is 5.32 Å². The maximum Gasteiger partial charge on any atom is 0.223 e. The molecular weight excluding hydrogens is 242 g/mol. The van der Waals surface area contributed by atoms with Gasteiger partial charge >= 0.3 is 0 Å². The molecule has 19 heavy (non-hydrogen) atoms. The Kier molecular flexibility index (Phi) is 8.07. The zero-order valence-electron chi connectivity index (χ0n) is 12.6. The Morgan fingerprint density at radius 1 is 1.16 bits per heavy atom. The van der Waals surface area contributed by atoms with Crippen LogP contribution in [0.4, 0.5) is 0 Å². The molecule has 1 aliphatic carbocycles. The van der Waals surface area contributed by atoms with Crippen molar-refractivity contribution in [2.75, 3.05) is 33.5 Å². The minimum Gasteiger partial charge on any atom is -0.382 e. The lowest BCUT2D eigenvalue weighted by molar-refractivity contribution is -0.126. The first-order valence-corrected chi connectivity index (χ1v) is 7.49. The molecule has 0 radical (unpaired) electrons. The molecule has 0 bridgehead atoms. The Morgan fingerprint density at radius 2 is 1.84 bits per heavy atom. The zero-order chi connectivity index (χ0) is 14.1. The van der Waals surface area contributed by atoms with Crippen LogP contribution < -0.4 is 5.32 Å². The molecule has 1 rings (SSSR count). The van der Waals surface area contributed by atoms with Gasteiger partial charge in [0.15, 0.2) is 0 Å². The van der Waals surface area contributed by atoms with Crippen molar-refractivity contribution >= 4 is 5.91 Å². The van der Waals surface area contributed by atoms with Gasteiger partial charge in [0.25, 0.3) is 0 Å². The van der Waals surface area contributed by atoms with Gasteiger partial charge in [-0.15, -0.1) is 0 Å². The van der Waals surface area contributed by atoms with Gasteiger partial charge < -0.3 is 14.8 Å². The summed E-state index contributed by atoms with van der Waals surface area (Å²) in [5.74, 6) is 1.98. The first kappa shape index (κ1) is 16.4. The molecule has 0 spiro atoms. The lowest BCUT2D eigenvalue weighted by Crippen LogP contribution is -2.35. The molecule has 1 amide bonds. The lowest BCUT2D eigenvalue weighted by Gasteiger charge is -2.30. The van der Waals surface area contributed by atoms with Crippen molar-refractivity contribution in [3.8, 4) is 0 Å². The number of nitrogens with one attached hydrogen (secondary N) is 1. The molecule has 112 valence electrons. The predicted molar refractivity (Wildman–Crippen MR) is 76.0 cm³/mol. The molecule has 0 atom stereocenters. The number of ether oxygens (including phenoxy) is 2. The van der Waals surface area contributed by atoms with Crippen molar-refractivity contribution in [2.24, 2.45) is 17.8 Å². The van der Waals surface area contributed by atoms with Crippen LogP contribution in [0, 0.1) is 17.8 Å². The van der Waals surface area contributed by atoms with Crippen LogP contribution in [-0.4, -0.2) is 39.4 Å². The largest absolute Gasteiger partial charge is 0.382 e. The highest BCUT2D eigenvalue weighted by atomic mass is 16.5. The monoisotopic (exact) mass is 271 g/mol. The van der Waals surface area contributed by atoms with E-state index in [4.69, 9.17) is 9.47 Å². The highest BCUT2D eigenvalue weighted by molar-refractivity contribution is 5.78. The number of hydrogen-bond acceptors (Lipinski definition) is 3. The highest BCUT2D eigenvalue weighted by Crippen LogP contribution is 2.33. The van der Waals surface area contributed by atoms with Crippen molar-refractivity contribution in [3.63, 3.8) is 0 Å². The van der Waals surface area contributed by atoms with Crippen molar-refractivity contribution in [2.45, 2.75) is 39.5 Å². The Morgan fingerprint density at radius 3 is 2.42 bits per heavy atom. The number of hydrogen-bond donors (Lipinski definition) is 1. The molecule has 1 fully saturated rings. The fourth-order valence-electron chi connectivity index (χ4n) is 2.68. The molecular formula is C15H29NO3. The minimum absolute atomic E-state index is 0.206. The Labute approximate surface area is 117 Å². The van der Waals surface area contributed by atoms with Crippen LogP contribution in [0.25, 0.3) is 0 Å². The lowest BCUT2D eigenvalue weighted by atomic mass is 9.77. The van der Waals surface area contributed by atoms with E-state index >= 15 is 0 Å². The summed E-state index contributed by atoms with van der Waals surface area (Å²) in [5, 5.41) is 2.97. The van der Waals surface area contributed by atoms with Crippen LogP contribution in [0.3, 0.4) is 0 Å². The summed E-state index contributed by atoms with van der Waals surface area (Å²) >= 11 is 0. The molecule has 1 N–H and O–H groups in total. The molecule has 1 saturated carbocycles. The number of carbonyl (C=O) groups is 1. The van der Waals surface area contributed by atoms with Crippen molar-refractivity contribution in [3.05, 3.63) is 0 Å². The summed E-state index contributed by atoms with van der Waals surface area (Å²) in [4.78, 5) is 12.0. The second-order valence-electron chi connectivity index (χ2n) is 5.75. The number of amides is 1. The fourth-order valence-corrected chi connectivity index (χ4v) is 2.68. The molecule has 4 heteroatoms. The summed E-state index contributed by atoms with van der Waals surface area (Å²) in [6, 6.07) is 0. The average Bonchev–Trinajstić information content (AvgIpc) is 2.42. The molecule has 0 aliphatic heterocycles. The fraction of sp³-hybridized carbons (Fsp3) is 0.933. The minimum atomic E-state index is 0.206. The Balaban J connectivity index is 2.07. The van der Waals surface area contributed by atoms with E-state index < -0.39 is 0 Å². The second-order valence-corrected chi connectivity index (χ2v) is 5.75. The van der Waals surface area contributed by atoms with Crippen LogP contribution in [0.15, 0.2) is 0 Å². The van der Waals surface area contributed by atoms with Gasteiger partial charge in [-0.05, 0) is 37.5 Å². The van der Waals surface area contributed by atoms with Gasteiger partial charge in [0.05, 0.1) is 19.8 Å². The third-order valence-corrected chi connectivity index (χ3v) is 4.06. The van der Waals surface area contributed by atoms with Gasteiger partial charge in [0.2, 0.25) is 5.91 Å². The molecule has 4 nitrogen and oxygen atoms in total. The SMILES string of the molecule is COCCOCCNC(=O)C1CCC(C(C)C)CC1. The quantitative estimate of drug-likeness (QED) is 0.689. The van der Waals surface area contributed by atoms with E-state index in [0.29, 0.717) is 26.4 Å². The standard InChI is InChI=1S/C15H29NO3/c1-12(2)13-4-6-14(7-5-13)15(17)16-8-9-19-11-10-18-3/h12-14H,4-11H2,1-3H3,(H,16,17). The van der Waals surface area contributed by atoms with E-state index in [-0.39, 0.29) is 11.8 Å². The number of rotatable bonds is 8. The van der Waals surface area contributed by atoms with E-state index in [1.807, 2.05) is 0 Å². The third-order valence-electron chi connectivity index (χ3n) is 4.06. The van der Waals surface area contributed by atoms with Crippen LogP contribution in [0.2, 0.25) is 0 Å². The summed E-state index contributed by atoms with van der Waals surface area (Å²) < 4.78 is 10.2. The van der Waals surface area contributed by atoms with Crippen molar-refractivity contribution in [1.29, 1.82) is 0 Å². The maximum absolute atomic E-state index is 12.0. The van der Waals surface area contributed by atoms with Crippen LogP contribution in [0.1, 0.15) is 39.5 Å². The van der Waals surface area contributed by atoms with E-state index in [0.717, 1.165) is 24.7 Å². The molecule has 1 aliphatic rings. The Hall–Kier alpha value is -0.610. The predicted octanol–water partition coefficient (Wildman–Crippen LogP) is 2.23. The smallest absolute Gasteiger partial charge is 0.223 e. The van der Waals surface area contributed by atoms with Gasteiger partial charge in [0, 0.05) is 19.6 Å². The first-order chi connectivity index (χ1) is 9.15. The summed E-state index contributed by atoms with van der Waals surface area (Å²) in [5.41, 5.74) is 0. The van der Waals surface area contributed by atoms with Gasteiger partial charge in [0.1, 0.15) is 0 Å². The number of carbonyl (C=O) groups excluding carboxylic acids is 1. The van der Waals surface area contributed by atoms with Gasteiger partial charge in [-0.3, -0.25) is 4.79 Å². The zero-order valence-corrected chi connectivity index (χ0v) is 12.6. The maximum atomic E-state index is 12.0. The van der Waals surface area contributed by atoms with Gasteiger partial charge in [-0.2, -0.15) is 0 Å². The molecule has 0 aromatic heterocycles. The average molecular weight is 271 g/mol. The van der Waals surface area contributed by atoms with Crippen LogP contribution in [-0.2, 0) is 14.3 Å². The Bertz CT molecular complexity index is 248. The molecule has 0 aromatic rings. The molecule has 0 aromatic carbocycles. The third kappa shape index (κ3) is 6.39. The van der Waals surface area contributed by atoms with Crippen LogP contribution >= 0.6 is 0 Å². The summed E-state index contributed by atoms with van der Waals surface area (Å²) in [7, 11) is 1.65. The number of methoxy groups -OCH3 is 1.